The zero-order chi connectivity index (χ0) is 23.0. The molecular formula is C24H27F3N4O. The molecule has 0 saturated carbocycles. The van der Waals surface area contributed by atoms with Gasteiger partial charge in [-0.2, -0.15) is 18.2 Å². The first-order valence-electron chi connectivity index (χ1n) is 10.7. The van der Waals surface area contributed by atoms with Gasteiger partial charge in [-0.15, -0.1) is 0 Å². The minimum Gasteiger partial charge on any atom is -0.494 e. The highest BCUT2D eigenvalue weighted by Gasteiger charge is 2.35. The standard InChI is InChI=1S/C24H27F3N4O/c1-3-5-14-32-20-9-6-8-19(15-20)29-22-21(24(25,26)27)16-28-23(31-22)30-18-12-10-17(7-4-2)11-13-18/h6,8-13,15-16H,3-5,7,14H2,1-2H3,(H2,28,29,30,31). The summed E-state index contributed by atoms with van der Waals surface area (Å²) < 4.78 is 46.3. The Morgan fingerprint density at radius 1 is 0.938 bits per heavy atom. The van der Waals surface area contributed by atoms with Crippen LogP contribution < -0.4 is 15.4 Å². The number of unbranched alkanes of at least 4 members (excludes halogenated alkanes) is 1. The van der Waals surface area contributed by atoms with Gasteiger partial charge in [0.2, 0.25) is 5.95 Å². The van der Waals surface area contributed by atoms with Gasteiger partial charge in [0.05, 0.1) is 6.61 Å². The summed E-state index contributed by atoms with van der Waals surface area (Å²) in [5, 5.41) is 5.74. The molecule has 2 N–H and O–H groups in total. The van der Waals surface area contributed by atoms with Crippen LogP contribution in [0.5, 0.6) is 5.75 Å². The Balaban J connectivity index is 1.82. The van der Waals surface area contributed by atoms with E-state index >= 15 is 0 Å². The Bertz CT molecular complexity index is 1010. The summed E-state index contributed by atoms with van der Waals surface area (Å²) in [7, 11) is 0. The predicted octanol–water partition coefficient (Wildman–Crippen LogP) is 7.11. The number of nitrogens with one attached hydrogen (secondary N) is 2. The van der Waals surface area contributed by atoms with E-state index in [0.29, 0.717) is 23.7 Å². The van der Waals surface area contributed by atoms with E-state index in [-0.39, 0.29) is 11.8 Å². The van der Waals surface area contributed by atoms with Crippen molar-refractivity contribution in [1.82, 2.24) is 9.97 Å². The van der Waals surface area contributed by atoms with Crippen LogP contribution in [-0.2, 0) is 12.6 Å². The smallest absolute Gasteiger partial charge is 0.421 e. The number of anilines is 4. The largest absolute Gasteiger partial charge is 0.494 e. The van der Waals surface area contributed by atoms with Crippen LogP contribution in [0.1, 0.15) is 44.2 Å². The molecule has 0 unspecified atom stereocenters. The van der Waals surface area contributed by atoms with Crippen molar-refractivity contribution in [2.24, 2.45) is 0 Å². The molecule has 5 nitrogen and oxygen atoms in total. The number of hydrogen-bond donors (Lipinski definition) is 2. The maximum atomic E-state index is 13.5. The Labute approximate surface area is 186 Å². The molecule has 1 aromatic heterocycles. The molecule has 0 aliphatic carbocycles. The van der Waals surface area contributed by atoms with Gasteiger partial charge in [-0.25, -0.2) is 4.98 Å². The molecule has 0 saturated heterocycles. The summed E-state index contributed by atoms with van der Waals surface area (Å²) >= 11 is 0. The minimum absolute atomic E-state index is 0.0686. The van der Waals surface area contributed by atoms with E-state index in [9.17, 15) is 13.2 Å². The molecule has 170 valence electrons. The Morgan fingerprint density at radius 3 is 2.41 bits per heavy atom. The molecule has 3 aromatic rings. The summed E-state index contributed by atoms with van der Waals surface area (Å²) in [6.07, 6.45) is 0.0742. The molecule has 2 aromatic carbocycles. The number of ether oxygens (including phenoxy) is 1. The van der Waals surface area contributed by atoms with Gasteiger partial charge in [-0.1, -0.05) is 44.9 Å². The summed E-state index contributed by atoms with van der Waals surface area (Å²) in [5.41, 5.74) is 1.38. The third-order valence-corrected chi connectivity index (χ3v) is 4.71. The molecule has 1 heterocycles. The van der Waals surface area contributed by atoms with Crippen molar-refractivity contribution in [3.63, 3.8) is 0 Å². The minimum atomic E-state index is -4.60. The lowest BCUT2D eigenvalue weighted by Gasteiger charge is -2.15. The van der Waals surface area contributed by atoms with Crippen molar-refractivity contribution in [1.29, 1.82) is 0 Å². The highest BCUT2D eigenvalue weighted by molar-refractivity contribution is 5.64. The lowest BCUT2D eigenvalue weighted by atomic mass is 10.1. The van der Waals surface area contributed by atoms with Crippen molar-refractivity contribution < 1.29 is 17.9 Å². The number of aryl methyl sites for hydroxylation is 1. The van der Waals surface area contributed by atoms with Crippen LogP contribution in [0, 0.1) is 0 Å². The molecule has 0 fully saturated rings. The van der Waals surface area contributed by atoms with Crippen molar-refractivity contribution in [3.05, 3.63) is 65.9 Å². The summed E-state index contributed by atoms with van der Waals surface area (Å²) in [5.74, 6) is 0.319. The molecular weight excluding hydrogens is 417 g/mol. The fraction of sp³-hybridized carbons (Fsp3) is 0.333. The van der Waals surface area contributed by atoms with E-state index in [1.807, 2.05) is 24.3 Å². The zero-order valence-corrected chi connectivity index (χ0v) is 18.2. The fourth-order valence-corrected chi connectivity index (χ4v) is 3.05. The third-order valence-electron chi connectivity index (χ3n) is 4.71. The Hall–Kier alpha value is -3.29. The van der Waals surface area contributed by atoms with E-state index in [2.05, 4.69) is 34.4 Å². The first-order chi connectivity index (χ1) is 15.4. The highest BCUT2D eigenvalue weighted by Crippen LogP contribution is 2.35. The average Bonchev–Trinajstić information content (AvgIpc) is 2.75. The van der Waals surface area contributed by atoms with Crippen LogP contribution in [0.4, 0.5) is 36.3 Å². The van der Waals surface area contributed by atoms with Crippen molar-refractivity contribution in [3.8, 4) is 5.75 Å². The third kappa shape index (κ3) is 6.60. The molecule has 0 aliphatic rings. The Morgan fingerprint density at radius 2 is 1.72 bits per heavy atom. The van der Waals surface area contributed by atoms with Crippen molar-refractivity contribution in [2.45, 2.75) is 45.7 Å². The topological polar surface area (TPSA) is 59.1 Å². The van der Waals surface area contributed by atoms with Gasteiger partial charge in [-0.3, -0.25) is 0 Å². The SMILES string of the molecule is CCCCOc1cccc(Nc2nc(Nc3ccc(CCC)cc3)ncc2C(F)(F)F)c1. The van der Waals surface area contributed by atoms with Gasteiger partial charge in [-0.05, 0) is 42.7 Å². The molecule has 0 amide bonds. The van der Waals surface area contributed by atoms with E-state index in [1.165, 1.54) is 5.56 Å². The quantitative estimate of drug-likeness (QED) is 0.326. The van der Waals surface area contributed by atoms with Gasteiger partial charge >= 0.3 is 6.18 Å². The normalized spacial score (nSPS) is 11.3. The van der Waals surface area contributed by atoms with Gasteiger partial charge in [0.15, 0.2) is 0 Å². The molecule has 0 bridgehead atoms. The van der Waals surface area contributed by atoms with Crippen LogP contribution in [0.15, 0.2) is 54.7 Å². The molecule has 8 heteroatoms. The lowest BCUT2D eigenvalue weighted by Crippen LogP contribution is -2.12. The first kappa shape index (κ1) is 23.4. The number of aromatic nitrogens is 2. The highest BCUT2D eigenvalue weighted by atomic mass is 19.4. The van der Waals surface area contributed by atoms with Gasteiger partial charge < -0.3 is 15.4 Å². The predicted molar refractivity (Wildman–Crippen MR) is 121 cm³/mol. The van der Waals surface area contributed by atoms with E-state index in [1.54, 1.807) is 24.3 Å². The van der Waals surface area contributed by atoms with Gasteiger partial charge in [0.25, 0.3) is 0 Å². The number of rotatable bonds is 10. The second kappa shape index (κ2) is 10.8. The molecule has 32 heavy (non-hydrogen) atoms. The first-order valence-corrected chi connectivity index (χ1v) is 10.7. The second-order valence-electron chi connectivity index (χ2n) is 7.38. The summed E-state index contributed by atoms with van der Waals surface area (Å²) in [6.45, 7) is 4.70. The van der Waals surface area contributed by atoms with Gasteiger partial charge in [0.1, 0.15) is 17.1 Å². The van der Waals surface area contributed by atoms with Crippen LogP contribution in [0.3, 0.4) is 0 Å². The van der Waals surface area contributed by atoms with Crippen molar-refractivity contribution in [2.75, 3.05) is 17.2 Å². The Kier molecular flexibility index (Phi) is 7.92. The molecule has 0 atom stereocenters. The van der Waals surface area contributed by atoms with Crippen molar-refractivity contribution >= 4 is 23.1 Å². The number of nitrogens with zero attached hydrogens (tertiary/aromatic N) is 2. The molecule has 0 aliphatic heterocycles. The number of benzene rings is 2. The summed E-state index contributed by atoms with van der Waals surface area (Å²) in [6, 6.07) is 14.5. The van der Waals surface area contributed by atoms with Crippen LogP contribution in [0.2, 0.25) is 0 Å². The zero-order valence-electron chi connectivity index (χ0n) is 18.2. The van der Waals surface area contributed by atoms with E-state index < -0.39 is 11.7 Å². The molecule has 0 radical (unpaired) electrons. The fourth-order valence-electron chi connectivity index (χ4n) is 3.05. The van der Waals surface area contributed by atoms with E-state index in [0.717, 1.165) is 31.9 Å². The lowest BCUT2D eigenvalue weighted by molar-refractivity contribution is -0.137. The maximum Gasteiger partial charge on any atom is 0.421 e. The molecule has 0 spiro atoms. The van der Waals surface area contributed by atoms with Crippen LogP contribution in [0.25, 0.3) is 0 Å². The van der Waals surface area contributed by atoms with Gasteiger partial charge in [0, 0.05) is 23.6 Å². The average molecular weight is 445 g/mol. The maximum absolute atomic E-state index is 13.5. The second-order valence-corrected chi connectivity index (χ2v) is 7.38. The monoisotopic (exact) mass is 444 g/mol. The van der Waals surface area contributed by atoms with Crippen LogP contribution >= 0.6 is 0 Å². The molecule has 3 rings (SSSR count). The van der Waals surface area contributed by atoms with E-state index in [4.69, 9.17) is 4.74 Å². The van der Waals surface area contributed by atoms with Crippen LogP contribution in [-0.4, -0.2) is 16.6 Å². The number of hydrogen-bond acceptors (Lipinski definition) is 5. The number of alkyl halides is 3. The number of halogens is 3. The summed E-state index contributed by atoms with van der Waals surface area (Å²) in [4.78, 5) is 7.96.